The van der Waals surface area contributed by atoms with Gasteiger partial charge in [-0.3, -0.25) is 4.79 Å². The molecule has 0 aliphatic carbocycles. The lowest BCUT2D eigenvalue weighted by molar-refractivity contribution is 0.112. The zero-order valence-electron chi connectivity index (χ0n) is 12.3. The van der Waals surface area contributed by atoms with Crippen LogP contribution in [0.15, 0.2) is 49.1 Å². The highest BCUT2D eigenvalue weighted by atomic mass is 16.5. The van der Waals surface area contributed by atoms with Crippen LogP contribution in [0.25, 0.3) is 11.1 Å². The maximum atomic E-state index is 11.6. The third-order valence-corrected chi connectivity index (χ3v) is 3.36. The zero-order chi connectivity index (χ0) is 15.2. The molecule has 0 saturated carbocycles. The number of benzene rings is 2. The Morgan fingerprint density at radius 3 is 2.38 bits per heavy atom. The number of methoxy groups -OCH3 is 2. The third-order valence-electron chi connectivity index (χ3n) is 3.36. The highest BCUT2D eigenvalue weighted by Gasteiger charge is 2.19. The molecule has 0 aliphatic rings. The van der Waals surface area contributed by atoms with Gasteiger partial charge in [0.2, 0.25) is 0 Å². The van der Waals surface area contributed by atoms with E-state index in [2.05, 4.69) is 6.58 Å². The minimum absolute atomic E-state index is 0.536. The topological polar surface area (TPSA) is 35.5 Å². The first kappa shape index (κ1) is 14.9. The van der Waals surface area contributed by atoms with Crippen molar-refractivity contribution in [2.75, 3.05) is 14.2 Å². The van der Waals surface area contributed by atoms with Gasteiger partial charge in [0.05, 0.1) is 14.2 Å². The van der Waals surface area contributed by atoms with Crippen molar-refractivity contribution in [3.05, 3.63) is 60.2 Å². The van der Waals surface area contributed by atoms with Crippen LogP contribution in [0.5, 0.6) is 11.5 Å². The summed E-state index contributed by atoms with van der Waals surface area (Å²) in [5, 5.41) is 0. The van der Waals surface area contributed by atoms with Crippen LogP contribution in [-0.2, 0) is 6.42 Å². The second-order valence-electron chi connectivity index (χ2n) is 4.53. The van der Waals surface area contributed by atoms with E-state index in [0.29, 0.717) is 23.5 Å². The molecule has 0 atom stereocenters. The van der Waals surface area contributed by atoms with Crippen LogP contribution in [0.1, 0.15) is 15.9 Å². The van der Waals surface area contributed by atoms with Gasteiger partial charge >= 0.3 is 0 Å². The molecule has 0 fully saturated rings. The summed E-state index contributed by atoms with van der Waals surface area (Å²) in [7, 11) is 3.16. The summed E-state index contributed by atoms with van der Waals surface area (Å²) in [6, 6.07) is 11.6. The van der Waals surface area contributed by atoms with Crippen molar-refractivity contribution in [2.24, 2.45) is 0 Å². The quantitative estimate of drug-likeness (QED) is 0.595. The molecule has 3 nitrogen and oxygen atoms in total. The molecule has 0 radical (unpaired) electrons. The number of allylic oxidation sites excluding steroid dienone is 1. The molecule has 0 heterocycles. The fourth-order valence-corrected chi connectivity index (χ4v) is 2.42. The molecule has 0 bridgehead atoms. The molecule has 0 aromatic heterocycles. The van der Waals surface area contributed by atoms with Crippen molar-refractivity contribution in [1.82, 2.24) is 0 Å². The Balaban J connectivity index is 2.79. The predicted octanol–water partition coefficient (Wildman–Crippen LogP) is 3.91. The van der Waals surface area contributed by atoms with Crippen LogP contribution < -0.4 is 9.47 Å². The smallest absolute Gasteiger partial charge is 0.164 e. The first-order chi connectivity index (χ1) is 10.3. The van der Waals surface area contributed by atoms with Crippen molar-refractivity contribution < 1.29 is 14.3 Å². The number of ether oxygens (including phenoxy) is 2. The summed E-state index contributed by atoms with van der Waals surface area (Å²) in [6.45, 7) is 3.75. The van der Waals surface area contributed by atoms with Crippen LogP contribution in [0, 0.1) is 0 Å². The summed E-state index contributed by atoms with van der Waals surface area (Å²) in [5.41, 5.74) is 3.20. The van der Waals surface area contributed by atoms with E-state index in [4.69, 9.17) is 9.47 Å². The molecule has 2 rings (SSSR count). The fourth-order valence-electron chi connectivity index (χ4n) is 2.42. The van der Waals surface area contributed by atoms with Gasteiger partial charge in [0.25, 0.3) is 0 Å². The van der Waals surface area contributed by atoms with E-state index in [0.717, 1.165) is 23.0 Å². The normalized spacial score (nSPS) is 10.0. The molecule has 0 aliphatic heterocycles. The van der Waals surface area contributed by atoms with Gasteiger partial charge in [0, 0.05) is 11.1 Å². The van der Waals surface area contributed by atoms with Crippen LogP contribution >= 0.6 is 0 Å². The summed E-state index contributed by atoms with van der Waals surface area (Å²) < 4.78 is 10.8. The Kier molecular flexibility index (Phi) is 4.77. The maximum absolute atomic E-state index is 11.6. The Morgan fingerprint density at radius 2 is 1.86 bits per heavy atom. The number of hydrogen-bond acceptors (Lipinski definition) is 3. The monoisotopic (exact) mass is 282 g/mol. The van der Waals surface area contributed by atoms with Gasteiger partial charge in [-0.15, -0.1) is 6.58 Å². The summed E-state index contributed by atoms with van der Waals surface area (Å²) in [5.74, 6) is 1.19. The fraction of sp³-hybridized carbons (Fsp3) is 0.167. The van der Waals surface area contributed by atoms with E-state index in [1.165, 1.54) is 0 Å². The highest BCUT2D eigenvalue weighted by molar-refractivity contribution is 5.92. The predicted molar refractivity (Wildman–Crippen MR) is 84.3 cm³/mol. The number of hydrogen-bond donors (Lipinski definition) is 0. The summed E-state index contributed by atoms with van der Waals surface area (Å²) in [6.07, 6.45) is 3.15. The average Bonchev–Trinajstić information content (AvgIpc) is 2.54. The molecule has 2 aromatic carbocycles. The molecule has 2 aromatic rings. The first-order valence-electron chi connectivity index (χ1n) is 6.66. The molecule has 108 valence electrons. The van der Waals surface area contributed by atoms with E-state index in [1.807, 2.05) is 36.4 Å². The van der Waals surface area contributed by atoms with Crippen LogP contribution in [0.4, 0.5) is 0 Å². The molecule has 0 saturated heterocycles. The van der Waals surface area contributed by atoms with Gasteiger partial charge in [-0.25, -0.2) is 0 Å². The number of aldehydes is 1. The van der Waals surface area contributed by atoms with E-state index in [9.17, 15) is 4.79 Å². The number of rotatable bonds is 6. The molecule has 0 amide bonds. The van der Waals surface area contributed by atoms with Gasteiger partial charge in [-0.1, -0.05) is 36.4 Å². The average molecular weight is 282 g/mol. The lowest BCUT2D eigenvalue weighted by Gasteiger charge is -2.17. The summed E-state index contributed by atoms with van der Waals surface area (Å²) >= 11 is 0. The number of carbonyl (C=O) groups excluding carboxylic acids is 1. The Morgan fingerprint density at radius 1 is 1.14 bits per heavy atom. The van der Waals surface area contributed by atoms with Crippen molar-refractivity contribution in [1.29, 1.82) is 0 Å². The first-order valence-corrected chi connectivity index (χ1v) is 6.66. The van der Waals surface area contributed by atoms with E-state index < -0.39 is 0 Å². The van der Waals surface area contributed by atoms with Gasteiger partial charge in [0.15, 0.2) is 17.8 Å². The van der Waals surface area contributed by atoms with Crippen LogP contribution in [0.2, 0.25) is 0 Å². The Hall–Kier alpha value is -2.55. The molecule has 0 N–H and O–H groups in total. The van der Waals surface area contributed by atoms with Crippen molar-refractivity contribution in [2.45, 2.75) is 6.42 Å². The van der Waals surface area contributed by atoms with Crippen LogP contribution in [-0.4, -0.2) is 20.5 Å². The lowest BCUT2D eigenvalue weighted by Crippen LogP contribution is -2.02. The van der Waals surface area contributed by atoms with E-state index >= 15 is 0 Å². The van der Waals surface area contributed by atoms with Gasteiger partial charge in [-0.05, 0) is 23.6 Å². The standard InChI is InChI=1S/C18H18O3/c1-4-8-14-16(12-19)15(13-9-6-5-7-10-13)11-17(20-2)18(14)21-3/h4-7,9-12H,1,8H2,2-3H3. The van der Waals surface area contributed by atoms with E-state index in [-0.39, 0.29) is 0 Å². The van der Waals surface area contributed by atoms with Crippen molar-refractivity contribution in [3.63, 3.8) is 0 Å². The molecule has 0 spiro atoms. The Bertz CT molecular complexity index is 645. The molecule has 3 heteroatoms. The molecular weight excluding hydrogens is 264 g/mol. The van der Waals surface area contributed by atoms with Gasteiger partial charge in [-0.2, -0.15) is 0 Å². The number of carbonyl (C=O) groups is 1. The largest absolute Gasteiger partial charge is 0.493 e. The summed E-state index contributed by atoms with van der Waals surface area (Å²) in [4.78, 5) is 11.6. The molecule has 21 heavy (non-hydrogen) atoms. The van der Waals surface area contributed by atoms with Crippen LogP contribution in [0.3, 0.4) is 0 Å². The third kappa shape index (κ3) is 2.82. The van der Waals surface area contributed by atoms with Crippen molar-refractivity contribution in [3.8, 4) is 22.6 Å². The van der Waals surface area contributed by atoms with Gasteiger partial charge in [0.1, 0.15) is 0 Å². The maximum Gasteiger partial charge on any atom is 0.164 e. The van der Waals surface area contributed by atoms with Gasteiger partial charge < -0.3 is 9.47 Å². The zero-order valence-corrected chi connectivity index (χ0v) is 12.3. The molecular formula is C18H18O3. The highest BCUT2D eigenvalue weighted by Crippen LogP contribution is 2.39. The Labute approximate surface area is 124 Å². The van der Waals surface area contributed by atoms with E-state index in [1.54, 1.807) is 20.3 Å². The SMILES string of the molecule is C=CCc1c(C=O)c(-c2ccccc2)cc(OC)c1OC. The minimum Gasteiger partial charge on any atom is -0.493 e. The van der Waals surface area contributed by atoms with Crippen molar-refractivity contribution >= 4 is 6.29 Å². The minimum atomic E-state index is 0.536. The lowest BCUT2D eigenvalue weighted by atomic mass is 9.93. The second kappa shape index (κ2) is 6.75. The molecule has 0 unspecified atom stereocenters. The second-order valence-corrected chi connectivity index (χ2v) is 4.53.